The van der Waals surface area contributed by atoms with Gasteiger partial charge in [0.2, 0.25) is 0 Å². The van der Waals surface area contributed by atoms with Gasteiger partial charge in [-0.25, -0.2) is 0 Å². The zero-order valence-corrected chi connectivity index (χ0v) is 25.2. The van der Waals surface area contributed by atoms with Gasteiger partial charge in [-0.3, -0.25) is 0 Å². The van der Waals surface area contributed by atoms with E-state index in [9.17, 15) is 0 Å². The molecule has 0 aliphatic rings. The van der Waals surface area contributed by atoms with E-state index < -0.39 is 10.0 Å². The molecule has 0 aliphatic carbocycles. The van der Waals surface area contributed by atoms with Gasteiger partial charge in [0.05, 0.1) is 0 Å². The monoisotopic (exact) mass is 544 g/mol. The number of hydrogen-bond donors (Lipinski definition) is 0. The highest BCUT2D eigenvalue weighted by atomic mass is 32.3. The van der Waals surface area contributed by atoms with E-state index >= 15 is 0 Å². The number of rotatable bonds is 4. The summed E-state index contributed by atoms with van der Waals surface area (Å²) in [6.07, 6.45) is 0. The van der Waals surface area contributed by atoms with Crippen LogP contribution in [0.5, 0.6) is 0 Å². The average molecular weight is 541 g/mol. The SMILES string of the molecule is [B]c1c([B])c([B])c(S(c2c([B])c([B])c([B])c([B])c2[B])(c2c([B])c([B])c([B])c([B])c2[B])c2c([B])c([B])c([B])c(C)c2[B])c([B])c1[B]. The van der Waals surface area contributed by atoms with Gasteiger partial charge < -0.3 is 0 Å². The van der Waals surface area contributed by atoms with Crippen molar-refractivity contribution in [3.63, 3.8) is 0 Å². The summed E-state index contributed by atoms with van der Waals surface area (Å²) in [6.45, 7) is 1.59. The van der Waals surface area contributed by atoms with E-state index in [2.05, 4.69) is 0 Å². The van der Waals surface area contributed by atoms with Gasteiger partial charge in [0.25, 0.3) is 0 Å². The van der Waals surface area contributed by atoms with E-state index in [4.69, 9.17) is 149 Å². The molecule has 0 atom stereocenters. The van der Waals surface area contributed by atoms with Crippen molar-refractivity contribution in [3.05, 3.63) is 5.56 Å². The highest BCUT2D eigenvalue weighted by Gasteiger charge is 2.42. The van der Waals surface area contributed by atoms with Crippen LogP contribution in [0.1, 0.15) is 5.56 Å². The normalized spacial score (nSPS) is 11.9. The van der Waals surface area contributed by atoms with E-state index in [1.165, 1.54) is 0 Å². The molecule has 0 spiro atoms. The molecule has 4 aromatic carbocycles. The van der Waals surface area contributed by atoms with Gasteiger partial charge in [-0.05, 0) is 26.5 Å². The molecule has 20 heteroatoms. The van der Waals surface area contributed by atoms with Crippen molar-refractivity contribution in [1.82, 2.24) is 0 Å². The van der Waals surface area contributed by atoms with Gasteiger partial charge in [0.1, 0.15) is 149 Å². The Balaban J connectivity index is 2.69. The molecule has 0 N–H and O–H groups in total. The van der Waals surface area contributed by atoms with Crippen molar-refractivity contribution in [2.45, 2.75) is 26.5 Å². The molecule has 0 aromatic heterocycles. The minimum Gasteiger partial charge on any atom is -0.138 e. The lowest BCUT2D eigenvalue weighted by atomic mass is 9.62. The minimum absolute atomic E-state index is 0.0161. The summed E-state index contributed by atoms with van der Waals surface area (Å²) in [7, 11) is 120. The first kappa shape index (κ1) is 36.3. The zero-order chi connectivity index (χ0) is 34.4. The Kier molecular flexibility index (Phi) is 10.1. The summed E-state index contributed by atoms with van der Waals surface area (Å²) in [4.78, 5) is -0.273. The Bertz CT molecular complexity index is 1570. The van der Waals surface area contributed by atoms with Crippen LogP contribution in [0.3, 0.4) is 0 Å². The van der Waals surface area contributed by atoms with Crippen molar-refractivity contribution in [1.29, 1.82) is 0 Å². The molecule has 0 saturated carbocycles. The van der Waals surface area contributed by atoms with Gasteiger partial charge in [-0.15, -0.1) is 70.1 Å². The molecular formula is C25H3B19S. The van der Waals surface area contributed by atoms with Gasteiger partial charge >= 0.3 is 0 Å². The summed E-state index contributed by atoms with van der Waals surface area (Å²) < 4.78 is 0. The van der Waals surface area contributed by atoms with Gasteiger partial charge in [-0.1, -0.05) is 49.3 Å². The molecular weight excluding hydrogens is 538 g/mol. The maximum absolute atomic E-state index is 6.87. The van der Waals surface area contributed by atoms with Crippen LogP contribution in [0, 0.1) is 6.92 Å². The van der Waals surface area contributed by atoms with Crippen LogP contribution in [0.25, 0.3) is 0 Å². The molecule has 0 unspecified atom stereocenters. The second kappa shape index (κ2) is 12.5. The van der Waals surface area contributed by atoms with Gasteiger partial charge in [0.15, 0.2) is 0 Å². The average Bonchev–Trinajstić information content (AvgIpc) is 3.00. The van der Waals surface area contributed by atoms with Crippen molar-refractivity contribution in [2.75, 3.05) is 0 Å². The van der Waals surface area contributed by atoms with Crippen LogP contribution in [0.2, 0.25) is 0 Å². The molecule has 45 heavy (non-hydrogen) atoms. The fourth-order valence-electron chi connectivity index (χ4n) is 5.34. The van der Waals surface area contributed by atoms with Crippen molar-refractivity contribution in [3.8, 4) is 0 Å². The lowest BCUT2D eigenvalue weighted by Gasteiger charge is -2.53. The third kappa shape index (κ3) is 4.95. The maximum atomic E-state index is 6.87. The van der Waals surface area contributed by atoms with Crippen molar-refractivity contribution < 1.29 is 0 Å². The summed E-state index contributed by atoms with van der Waals surface area (Å²) in [5.74, 6) is 0. The van der Waals surface area contributed by atoms with Crippen LogP contribution in [-0.4, -0.2) is 149 Å². The third-order valence-corrected chi connectivity index (χ3v) is 12.3. The molecule has 0 aliphatic heterocycles. The predicted molar refractivity (Wildman–Crippen MR) is 214 cm³/mol. The van der Waals surface area contributed by atoms with Gasteiger partial charge in [0, 0.05) is 0 Å². The molecule has 0 amide bonds. The predicted octanol–water partition coefficient (Wildman–Crippen LogP) is -15.6. The molecule has 0 saturated heterocycles. The molecule has 38 radical (unpaired) electrons. The summed E-state index contributed by atoms with van der Waals surface area (Å²) in [6, 6.07) is 0. The van der Waals surface area contributed by atoms with Crippen LogP contribution in [0.4, 0.5) is 0 Å². The molecule has 4 aromatic rings. The Labute approximate surface area is 293 Å². The first-order chi connectivity index (χ1) is 20.7. The second-order valence-corrected chi connectivity index (χ2v) is 13.3. The lowest BCUT2D eigenvalue weighted by molar-refractivity contribution is 1.37. The van der Waals surface area contributed by atoms with Gasteiger partial charge in [-0.2, -0.15) is 0 Å². The number of benzene rings is 4. The summed E-state index contributed by atoms with van der Waals surface area (Å²) in [5, 5.41) is 0. The number of hydrogen-bond acceptors (Lipinski definition) is 0. The quantitative estimate of drug-likeness (QED) is 0.226. The standard InChI is InChI=1S/C25H3B19S/c1-2-3(26)5(28)15(38)22(4(2)27)45(23-16(39)9(32)6(29)10(33)17(23)40,24-18(41)11(34)7(30)12(35)19(24)42)25-20(43)13(36)8(31)14(37)21(25)44/h1H3. The molecule has 0 bridgehead atoms. The minimum atomic E-state index is -3.79. The topological polar surface area (TPSA) is 0 Å². The van der Waals surface area contributed by atoms with Crippen LogP contribution in [-0.2, 0) is 0 Å². The Morgan fingerprint density at radius 1 is 0.222 bits per heavy atom. The summed E-state index contributed by atoms with van der Waals surface area (Å²) in [5.41, 5.74) is -2.82. The fourth-order valence-corrected chi connectivity index (χ4v) is 10.1. The third-order valence-electron chi connectivity index (χ3n) is 8.05. The Morgan fingerprint density at radius 2 is 0.378 bits per heavy atom. The Hall–Kier alpha value is -1.54. The first-order valence-corrected chi connectivity index (χ1v) is 14.4. The highest BCUT2D eigenvalue weighted by Crippen LogP contribution is 2.69. The van der Waals surface area contributed by atoms with E-state index in [-0.39, 0.29) is 129 Å². The first-order valence-electron chi connectivity index (χ1n) is 12.8. The van der Waals surface area contributed by atoms with E-state index in [0.29, 0.717) is 0 Å². The van der Waals surface area contributed by atoms with E-state index in [0.717, 1.165) is 0 Å². The second-order valence-electron chi connectivity index (χ2n) is 10.4. The maximum Gasteiger partial charge on any atom is 0.115 e. The van der Waals surface area contributed by atoms with Crippen LogP contribution < -0.4 is 104 Å². The molecule has 0 fully saturated rings. The largest absolute Gasteiger partial charge is 0.138 e. The summed E-state index contributed by atoms with van der Waals surface area (Å²) >= 11 is 0. The highest BCUT2D eigenvalue weighted by molar-refractivity contribution is 8.35. The van der Waals surface area contributed by atoms with Crippen molar-refractivity contribution in [2.24, 2.45) is 0 Å². The van der Waals surface area contributed by atoms with Crippen LogP contribution >= 0.6 is 10.0 Å². The Morgan fingerprint density at radius 3 is 0.600 bits per heavy atom. The molecule has 0 nitrogen and oxygen atoms in total. The fraction of sp³-hybridized carbons (Fsp3) is 0.0400. The van der Waals surface area contributed by atoms with Crippen molar-refractivity contribution >= 4 is 263 Å². The van der Waals surface area contributed by atoms with E-state index in [1.807, 2.05) is 0 Å². The molecule has 0 heterocycles. The zero-order valence-electron chi connectivity index (χ0n) is 24.4. The van der Waals surface area contributed by atoms with Crippen LogP contribution in [0.15, 0.2) is 19.6 Å². The molecule has 166 valence electrons. The lowest BCUT2D eigenvalue weighted by Crippen LogP contribution is -2.62. The smallest absolute Gasteiger partial charge is 0.115 e. The molecule has 4 rings (SSSR count). The van der Waals surface area contributed by atoms with E-state index in [1.54, 1.807) is 6.92 Å².